The van der Waals surface area contributed by atoms with Crippen LogP contribution < -0.4 is 5.32 Å². The number of benzene rings is 2. The third kappa shape index (κ3) is 5.13. The first kappa shape index (κ1) is 21.3. The van der Waals surface area contributed by atoms with Crippen molar-refractivity contribution in [2.75, 3.05) is 19.6 Å². The molecule has 0 radical (unpaired) electrons. The number of halogens is 1. The molecule has 29 heavy (non-hydrogen) atoms. The molecule has 0 bridgehead atoms. The minimum Gasteiger partial charge on any atom is -0.350 e. The van der Waals surface area contributed by atoms with Gasteiger partial charge >= 0.3 is 0 Å². The lowest BCUT2D eigenvalue weighted by atomic mass is 10.1. The van der Waals surface area contributed by atoms with Gasteiger partial charge in [-0.15, -0.1) is 0 Å². The molecule has 1 unspecified atom stereocenters. The molecule has 1 heterocycles. The highest BCUT2D eigenvalue weighted by Gasteiger charge is 2.24. The third-order valence-electron chi connectivity index (χ3n) is 5.18. The Hall–Kier alpha value is -2.45. The number of aryl methyl sites for hydroxylation is 1. The van der Waals surface area contributed by atoms with Crippen molar-refractivity contribution in [3.63, 3.8) is 0 Å². The molecule has 1 amide bonds. The SMILES string of the molecule is CCN1CCCC1CNC(=O)c1ccc(Sc2ccc(F)cc2C)c([N+](=O)[O-])c1. The Morgan fingerprint density at radius 1 is 1.31 bits per heavy atom. The standard InChI is InChI=1S/C21H24FN3O3S/c1-3-24-10-4-5-17(24)13-23-21(26)15-6-8-20(18(12-15)25(27)28)29-19-9-7-16(22)11-14(19)2/h6-9,11-12,17H,3-5,10,13H2,1-2H3,(H,23,26). The quantitative estimate of drug-likeness (QED) is 0.534. The molecule has 2 aromatic rings. The molecule has 0 saturated carbocycles. The van der Waals surface area contributed by atoms with Gasteiger partial charge in [0.15, 0.2) is 0 Å². The third-order valence-corrected chi connectivity index (χ3v) is 6.42. The van der Waals surface area contributed by atoms with Gasteiger partial charge in [0.05, 0.1) is 9.82 Å². The molecule has 1 atom stereocenters. The maximum absolute atomic E-state index is 13.3. The van der Waals surface area contributed by atoms with E-state index in [4.69, 9.17) is 0 Å². The first-order valence-electron chi connectivity index (χ1n) is 9.63. The summed E-state index contributed by atoms with van der Waals surface area (Å²) in [4.78, 5) is 27.1. The Morgan fingerprint density at radius 2 is 2.07 bits per heavy atom. The zero-order valence-corrected chi connectivity index (χ0v) is 17.3. The highest BCUT2D eigenvalue weighted by molar-refractivity contribution is 7.99. The van der Waals surface area contributed by atoms with Gasteiger partial charge < -0.3 is 5.32 Å². The van der Waals surface area contributed by atoms with Crippen LogP contribution in [0.15, 0.2) is 46.2 Å². The lowest BCUT2D eigenvalue weighted by molar-refractivity contribution is -0.387. The van der Waals surface area contributed by atoms with Crippen LogP contribution in [-0.2, 0) is 0 Å². The first-order chi connectivity index (χ1) is 13.9. The van der Waals surface area contributed by atoms with E-state index < -0.39 is 4.92 Å². The van der Waals surface area contributed by atoms with Gasteiger partial charge in [-0.05, 0) is 68.8 Å². The second kappa shape index (κ2) is 9.37. The van der Waals surface area contributed by atoms with Crippen LogP contribution in [0.1, 0.15) is 35.7 Å². The molecular formula is C21H24FN3O3S. The number of nitro groups is 1. The molecule has 1 N–H and O–H groups in total. The van der Waals surface area contributed by atoms with Gasteiger partial charge in [0.1, 0.15) is 5.82 Å². The molecule has 0 aliphatic carbocycles. The number of rotatable bonds is 7. The number of hydrogen-bond donors (Lipinski definition) is 1. The monoisotopic (exact) mass is 417 g/mol. The van der Waals surface area contributed by atoms with Crippen LogP contribution in [0.3, 0.4) is 0 Å². The van der Waals surface area contributed by atoms with Crippen molar-refractivity contribution < 1.29 is 14.1 Å². The van der Waals surface area contributed by atoms with Crippen molar-refractivity contribution in [2.24, 2.45) is 0 Å². The number of nitro benzene ring substituents is 1. The number of carbonyl (C=O) groups excluding carboxylic acids is 1. The minimum absolute atomic E-state index is 0.137. The predicted molar refractivity (Wildman–Crippen MR) is 111 cm³/mol. The highest BCUT2D eigenvalue weighted by Crippen LogP contribution is 2.37. The summed E-state index contributed by atoms with van der Waals surface area (Å²) >= 11 is 1.19. The highest BCUT2D eigenvalue weighted by atomic mass is 32.2. The fraction of sp³-hybridized carbons (Fsp3) is 0.381. The maximum Gasteiger partial charge on any atom is 0.284 e. The van der Waals surface area contributed by atoms with Crippen LogP contribution in [-0.4, -0.2) is 41.4 Å². The molecule has 154 valence electrons. The van der Waals surface area contributed by atoms with Gasteiger partial charge in [-0.2, -0.15) is 0 Å². The summed E-state index contributed by atoms with van der Waals surface area (Å²) in [7, 11) is 0. The van der Waals surface area contributed by atoms with Crippen LogP contribution in [0.5, 0.6) is 0 Å². The zero-order valence-electron chi connectivity index (χ0n) is 16.5. The van der Waals surface area contributed by atoms with E-state index in [1.807, 2.05) is 0 Å². The smallest absolute Gasteiger partial charge is 0.284 e. The molecule has 1 saturated heterocycles. The molecule has 2 aromatic carbocycles. The number of carbonyl (C=O) groups is 1. The van der Waals surface area contributed by atoms with Gasteiger partial charge in [0.2, 0.25) is 0 Å². The fourth-order valence-electron chi connectivity index (χ4n) is 3.59. The number of nitrogens with zero attached hydrogens (tertiary/aromatic N) is 2. The number of nitrogens with one attached hydrogen (secondary N) is 1. The van der Waals surface area contributed by atoms with E-state index in [0.29, 0.717) is 23.0 Å². The second-order valence-corrected chi connectivity index (χ2v) is 8.17. The Kier molecular flexibility index (Phi) is 6.87. The van der Waals surface area contributed by atoms with Crippen molar-refractivity contribution in [2.45, 2.75) is 42.5 Å². The van der Waals surface area contributed by atoms with E-state index in [0.717, 1.165) is 30.8 Å². The predicted octanol–water partition coefficient (Wildman–Crippen LogP) is 4.41. The fourth-order valence-corrected chi connectivity index (χ4v) is 4.56. The molecule has 0 aromatic heterocycles. The zero-order chi connectivity index (χ0) is 21.0. The number of likely N-dealkylation sites (tertiary alicyclic amines) is 1. The Morgan fingerprint density at radius 3 is 2.76 bits per heavy atom. The molecule has 1 aliphatic rings. The lowest BCUT2D eigenvalue weighted by Crippen LogP contribution is -2.40. The van der Waals surface area contributed by atoms with Crippen LogP contribution in [0.2, 0.25) is 0 Å². The Bertz CT molecular complexity index is 922. The van der Waals surface area contributed by atoms with Crippen molar-refractivity contribution in [1.29, 1.82) is 0 Å². The summed E-state index contributed by atoms with van der Waals surface area (Å²) in [5.41, 5.74) is 0.823. The van der Waals surface area contributed by atoms with E-state index in [9.17, 15) is 19.3 Å². The first-order valence-corrected chi connectivity index (χ1v) is 10.5. The van der Waals surface area contributed by atoms with Crippen LogP contribution in [0.25, 0.3) is 0 Å². The summed E-state index contributed by atoms with van der Waals surface area (Å²) in [6, 6.07) is 9.10. The van der Waals surface area contributed by atoms with Crippen molar-refractivity contribution in [3.8, 4) is 0 Å². The number of hydrogen-bond acceptors (Lipinski definition) is 5. The van der Waals surface area contributed by atoms with Gasteiger partial charge in [-0.1, -0.05) is 18.7 Å². The van der Waals surface area contributed by atoms with E-state index in [2.05, 4.69) is 17.1 Å². The van der Waals surface area contributed by atoms with Gasteiger partial charge in [0.25, 0.3) is 11.6 Å². The van der Waals surface area contributed by atoms with E-state index >= 15 is 0 Å². The van der Waals surface area contributed by atoms with Gasteiger partial charge in [-0.25, -0.2) is 4.39 Å². The summed E-state index contributed by atoms with van der Waals surface area (Å²) < 4.78 is 13.3. The summed E-state index contributed by atoms with van der Waals surface area (Å²) in [5.74, 6) is -0.664. The van der Waals surface area contributed by atoms with Crippen molar-refractivity contribution >= 4 is 23.4 Å². The maximum atomic E-state index is 13.3. The van der Waals surface area contributed by atoms with Gasteiger partial charge in [0, 0.05) is 29.1 Å². The van der Waals surface area contributed by atoms with Crippen molar-refractivity contribution in [3.05, 3.63) is 63.5 Å². The van der Waals surface area contributed by atoms with Crippen LogP contribution in [0, 0.1) is 22.9 Å². The van der Waals surface area contributed by atoms with E-state index in [1.54, 1.807) is 25.1 Å². The molecular weight excluding hydrogens is 393 g/mol. The van der Waals surface area contributed by atoms with Crippen molar-refractivity contribution in [1.82, 2.24) is 10.2 Å². The minimum atomic E-state index is -0.492. The molecule has 8 heteroatoms. The average molecular weight is 418 g/mol. The summed E-state index contributed by atoms with van der Waals surface area (Å²) in [6.45, 7) is 6.37. The largest absolute Gasteiger partial charge is 0.350 e. The van der Waals surface area contributed by atoms with E-state index in [1.165, 1.54) is 30.0 Å². The second-order valence-electron chi connectivity index (χ2n) is 7.09. The molecule has 1 fully saturated rings. The van der Waals surface area contributed by atoms with Crippen LogP contribution >= 0.6 is 11.8 Å². The molecule has 0 spiro atoms. The summed E-state index contributed by atoms with van der Waals surface area (Å²) in [6.07, 6.45) is 2.16. The molecule has 3 rings (SSSR count). The Balaban J connectivity index is 1.75. The average Bonchev–Trinajstić information content (AvgIpc) is 3.16. The lowest BCUT2D eigenvalue weighted by Gasteiger charge is -2.22. The normalized spacial score (nSPS) is 16.7. The molecule has 1 aliphatic heterocycles. The molecule has 6 nitrogen and oxygen atoms in total. The van der Waals surface area contributed by atoms with E-state index in [-0.39, 0.29) is 23.0 Å². The van der Waals surface area contributed by atoms with Gasteiger partial charge in [-0.3, -0.25) is 19.8 Å². The Labute approximate surface area is 173 Å². The van der Waals surface area contributed by atoms with Crippen LogP contribution in [0.4, 0.5) is 10.1 Å². The number of amides is 1. The topological polar surface area (TPSA) is 75.5 Å². The number of likely N-dealkylation sites (N-methyl/N-ethyl adjacent to an activating group) is 1. The summed E-state index contributed by atoms with van der Waals surface area (Å²) in [5, 5.41) is 14.5.